The van der Waals surface area contributed by atoms with Crippen LogP contribution in [0.4, 0.5) is 15.3 Å². The van der Waals surface area contributed by atoms with Gasteiger partial charge in [-0.15, -0.1) is 0 Å². The largest absolute Gasteiger partial charge is 0.343 e. The number of anilines is 1. The molecule has 1 saturated heterocycles. The van der Waals surface area contributed by atoms with Crippen LogP contribution in [0.2, 0.25) is 0 Å². The highest BCUT2D eigenvalue weighted by Gasteiger charge is 2.50. The number of aromatic nitrogens is 1. The number of pyridine rings is 1. The monoisotopic (exact) mass is 431 g/mol. The average Bonchev–Trinajstić information content (AvgIpc) is 2.86. The maximum absolute atomic E-state index is 12.4. The first kappa shape index (κ1) is 18.8. The predicted octanol–water partition coefficient (Wildman–Crippen LogP) is 2.82. The molecule has 1 aliphatic heterocycles. The van der Waals surface area contributed by atoms with Gasteiger partial charge >= 0.3 is 12.1 Å². The zero-order valence-corrected chi connectivity index (χ0v) is 16.1. The van der Waals surface area contributed by atoms with Gasteiger partial charge < -0.3 is 5.32 Å². The van der Waals surface area contributed by atoms with Gasteiger partial charge in [0.05, 0.1) is 0 Å². The first-order valence-electron chi connectivity index (χ1n) is 8.26. The number of nitrogens with one attached hydrogen (secondary N) is 3. The molecule has 5 amide bonds. The van der Waals surface area contributed by atoms with Gasteiger partial charge in [0.15, 0.2) is 0 Å². The van der Waals surface area contributed by atoms with Crippen molar-refractivity contribution in [3.8, 4) is 0 Å². The summed E-state index contributed by atoms with van der Waals surface area (Å²) >= 11 is 3.32. The van der Waals surface area contributed by atoms with Crippen LogP contribution in [-0.2, 0) is 11.2 Å². The molecule has 0 radical (unpaired) electrons. The van der Waals surface area contributed by atoms with Crippen LogP contribution < -0.4 is 16.1 Å². The number of aryl methyl sites for hydroxylation is 1. The van der Waals surface area contributed by atoms with Crippen LogP contribution >= 0.6 is 15.9 Å². The van der Waals surface area contributed by atoms with E-state index in [-0.39, 0.29) is 0 Å². The Morgan fingerprint density at radius 3 is 2.52 bits per heavy atom. The smallest absolute Gasteiger partial charge is 0.307 e. The standard InChI is InChI=1S/C18H18BrN5O3/c1-18(9-6-12-7-10-20-11-8-12)15(25)22-17(27)24(18)23-16(26)21-14-4-2-13(19)3-5-14/h2-5,7-8,10-11H,6,9H2,1H3,(H2,21,23,26)(H,22,25,27). The lowest BCUT2D eigenvalue weighted by atomic mass is 9.93. The van der Waals surface area contributed by atoms with Crippen LogP contribution in [0.15, 0.2) is 53.3 Å². The number of carbonyl (C=O) groups is 3. The van der Waals surface area contributed by atoms with Gasteiger partial charge in [-0.3, -0.25) is 15.1 Å². The highest BCUT2D eigenvalue weighted by Crippen LogP contribution is 2.25. The third kappa shape index (κ3) is 4.25. The van der Waals surface area contributed by atoms with E-state index in [2.05, 4.69) is 37.0 Å². The zero-order chi connectivity index (χ0) is 19.4. The van der Waals surface area contributed by atoms with Crippen molar-refractivity contribution in [3.63, 3.8) is 0 Å². The predicted molar refractivity (Wildman–Crippen MR) is 103 cm³/mol. The Hall–Kier alpha value is -2.94. The number of benzene rings is 1. The van der Waals surface area contributed by atoms with Gasteiger partial charge in [-0.1, -0.05) is 15.9 Å². The molecule has 140 valence electrons. The number of hydrogen-bond acceptors (Lipinski definition) is 4. The Balaban J connectivity index is 1.69. The summed E-state index contributed by atoms with van der Waals surface area (Å²) in [4.78, 5) is 40.8. The van der Waals surface area contributed by atoms with E-state index in [9.17, 15) is 14.4 Å². The molecule has 2 aromatic rings. The molecule has 1 aromatic heterocycles. The summed E-state index contributed by atoms with van der Waals surface area (Å²) in [5, 5.41) is 5.93. The normalized spacial score (nSPS) is 19.0. The van der Waals surface area contributed by atoms with Crippen molar-refractivity contribution in [2.24, 2.45) is 0 Å². The molecule has 3 rings (SSSR count). The van der Waals surface area contributed by atoms with E-state index in [0.29, 0.717) is 18.5 Å². The fraction of sp³-hybridized carbons (Fsp3) is 0.222. The minimum absolute atomic E-state index is 0.340. The van der Waals surface area contributed by atoms with Crippen LogP contribution in [0.5, 0.6) is 0 Å². The molecule has 0 aliphatic carbocycles. The van der Waals surface area contributed by atoms with Gasteiger partial charge in [-0.05, 0) is 61.7 Å². The number of imide groups is 1. The number of carbonyl (C=O) groups excluding carboxylic acids is 3. The summed E-state index contributed by atoms with van der Waals surface area (Å²) in [6.45, 7) is 1.62. The molecule has 1 aromatic carbocycles. The Morgan fingerprint density at radius 2 is 1.85 bits per heavy atom. The van der Waals surface area contributed by atoms with Crippen molar-refractivity contribution in [2.75, 3.05) is 5.32 Å². The van der Waals surface area contributed by atoms with Crippen molar-refractivity contribution in [1.82, 2.24) is 20.7 Å². The van der Waals surface area contributed by atoms with E-state index in [0.717, 1.165) is 15.0 Å². The van der Waals surface area contributed by atoms with Crippen LogP contribution in [0.1, 0.15) is 18.9 Å². The van der Waals surface area contributed by atoms with Gasteiger partial charge in [-0.2, -0.15) is 0 Å². The summed E-state index contributed by atoms with van der Waals surface area (Å²) in [5.41, 5.74) is 2.82. The Bertz CT molecular complexity index is 859. The van der Waals surface area contributed by atoms with Gasteiger partial charge in [0.2, 0.25) is 0 Å². The molecular weight excluding hydrogens is 414 g/mol. The lowest BCUT2D eigenvalue weighted by Gasteiger charge is -2.31. The average molecular weight is 432 g/mol. The van der Waals surface area contributed by atoms with Gasteiger partial charge in [0, 0.05) is 22.6 Å². The fourth-order valence-electron chi connectivity index (χ4n) is 2.74. The molecule has 1 atom stereocenters. The maximum Gasteiger partial charge on any atom is 0.343 e. The van der Waals surface area contributed by atoms with Crippen molar-refractivity contribution in [3.05, 3.63) is 58.8 Å². The van der Waals surface area contributed by atoms with E-state index in [1.807, 2.05) is 12.1 Å². The molecule has 1 unspecified atom stereocenters. The SMILES string of the molecule is CC1(CCc2ccncc2)C(=O)NC(=O)N1NC(=O)Nc1ccc(Br)cc1. The van der Waals surface area contributed by atoms with Crippen LogP contribution in [0, 0.1) is 0 Å². The van der Waals surface area contributed by atoms with Gasteiger partial charge in [0.1, 0.15) is 5.54 Å². The summed E-state index contributed by atoms with van der Waals surface area (Å²) < 4.78 is 0.877. The molecule has 0 bridgehead atoms. The molecular formula is C18H18BrN5O3. The highest BCUT2D eigenvalue weighted by molar-refractivity contribution is 9.10. The van der Waals surface area contributed by atoms with E-state index >= 15 is 0 Å². The van der Waals surface area contributed by atoms with E-state index in [1.54, 1.807) is 43.6 Å². The van der Waals surface area contributed by atoms with Gasteiger partial charge in [0.25, 0.3) is 5.91 Å². The van der Waals surface area contributed by atoms with Gasteiger partial charge in [-0.25, -0.2) is 20.0 Å². The number of hydrogen-bond donors (Lipinski definition) is 3. The van der Waals surface area contributed by atoms with Crippen molar-refractivity contribution in [1.29, 1.82) is 0 Å². The number of amides is 5. The second-order valence-corrected chi connectivity index (χ2v) is 7.21. The first-order chi connectivity index (χ1) is 12.9. The van der Waals surface area contributed by atoms with Crippen molar-refractivity contribution in [2.45, 2.75) is 25.3 Å². The number of rotatable bonds is 5. The lowest BCUT2D eigenvalue weighted by Crippen LogP contribution is -2.57. The zero-order valence-electron chi connectivity index (χ0n) is 14.5. The van der Waals surface area contributed by atoms with Crippen LogP contribution in [-0.4, -0.2) is 33.5 Å². The van der Waals surface area contributed by atoms with Crippen molar-refractivity contribution < 1.29 is 14.4 Å². The Morgan fingerprint density at radius 1 is 1.19 bits per heavy atom. The third-order valence-electron chi connectivity index (χ3n) is 4.37. The number of halogens is 1. The molecule has 2 heterocycles. The summed E-state index contributed by atoms with van der Waals surface area (Å²) in [6.07, 6.45) is 4.22. The molecule has 0 saturated carbocycles. The molecule has 27 heavy (non-hydrogen) atoms. The minimum atomic E-state index is -1.20. The lowest BCUT2D eigenvalue weighted by molar-refractivity contribution is -0.126. The molecule has 3 N–H and O–H groups in total. The first-order valence-corrected chi connectivity index (χ1v) is 9.05. The molecule has 8 nitrogen and oxygen atoms in total. The quantitative estimate of drug-likeness (QED) is 0.633. The second-order valence-electron chi connectivity index (χ2n) is 6.30. The number of urea groups is 2. The van der Waals surface area contributed by atoms with E-state index in [1.165, 1.54) is 0 Å². The number of hydrazine groups is 1. The topological polar surface area (TPSA) is 103 Å². The van der Waals surface area contributed by atoms with Crippen LogP contribution in [0.3, 0.4) is 0 Å². The fourth-order valence-corrected chi connectivity index (χ4v) is 3.01. The van der Waals surface area contributed by atoms with Crippen LogP contribution in [0.25, 0.3) is 0 Å². The van der Waals surface area contributed by atoms with E-state index in [4.69, 9.17) is 0 Å². The minimum Gasteiger partial charge on any atom is -0.307 e. The summed E-state index contributed by atoms with van der Waals surface area (Å²) in [5.74, 6) is -0.453. The van der Waals surface area contributed by atoms with E-state index < -0.39 is 23.5 Å². The Kier molecular flexibility index (Phi) is 5.41. The molecule has 1 aliphatic rings. The summed E-state index contributed by atoms with van der Waals surface area (Å²) in [7, 11) is 0. The Labute approximate surface area is 164 Å². The third-order valence-corrected chi connectivity index (χ3v) is 4.90. The summed E-state index contributed by atoms with van der Waals surface area (Å²) in [6, 6.07) is 9.39. The molecule has 0 spiro atoms. The molecule has 9 heteroatoms. The van der Waals surface area contributed by atoms with Crippen molar-refractivity contribution >= 4 is 39.6 Å². The maximum atomic E-state index is 12.4. The highest BCUT2D eigenvalue weighted by atomic mass is 79.9. The molecule has 1 fully saturated rings. The second kappa shape index (κ2) is 7.75. The number of nitrogens with zero attached hydrogens (tertiary/aromatic N) is 2.